The average molecular weight is 229 g/mol. The molecule has 0 spiro atoms. The highest BCUT2D eigenvalue weighted by molar-refractivity contribution is 6.33. The van der Waals surface area contributed by atoms with Crippen LogP contribution in [0.5, 0.6) is 0 Å². The van der Waals surface area contributed by atoms with Crippen LogP contribution in [-0.2, 0) is 6.54 Å². The third kappa shape index (κ3) is 1.92. The van der Waals surface area contributed by atoms with Gasteiger partial charge in [0.15, 0.2) is 0 Å². The van der Waals surface area contributed by atoms with Crippen LogP contribution in [0.3, 0.4) is 0 Å². The molecule has 0 bridgehead atoms. The lowest BCUT2D eigenvalue weighted by Gasteiger charge is -2.09. The molecular weight excluding hydrogens is 216 g/mol. The number of rotatable bonds is 4. The molecular formula is C10H13ClN2O2. The van der Waals surface area contributed by atoms with Crippen molar-refractivity contribution in [3.63, 3.8) is 0 Å². The molecule has 0 amide bonds. The first kappa shape index (κ1) is 10.6. The van der Waals surface area contributed by atoms with Crippen LogP contribution < -0.4 is 0 Å². The fraction of sp³-hybridized carbons (Fsp3) is 0.600. The number of Topliss-reactive ketones (excluding diaryl/α,β-unsaturated/α-hetero) is 1. The topological polar surface area (TPSA) is 55.1 Å². The maximum atomic E-state index is 11.9. The van der Waals surface area contributed by atoms with Crippen LogP contribution in [0.2, 0.25) is 5.02 Å². The smallest absolute Gasteiger partial charge is 0.211 e. The summed E-state index contributed by atoms with van der Waals surface area (Å²) in [4.78, 5) is 11.9. The highest BCUT2D eigenvalue weighted by atomic mass is 35.5. The molecule has 15 heavy (non-hydrogen) atoms. The molecule has 1 aliphatic carbocycles. The highest BCUT2D eigenvalue weighted by Crippen LogP contribution is 2.34. The van der Waals surface area contributed by atoms with Crippen molar-refractivity contribution in [2.45, 2.75) is 32.4 Å². The van der Waals surface area contributed by atoms with E-state index in [2.05, 4.69) is 5.10 Å². The Morgan fingerprint density at radius 3 is 3.00 bits per heavy atom. The molecule has 0 aliphatic heterocycles. The monoisotopic (exact) mass is 228 g/mol. The second-order valence-electron chi connectivity index (χ2n) is 3.80. The van der Waals surface area contributed by atoms with E-state index in [-0.39, 0.29) is 11.7 Å². The minimum absolute atomic E-state index is 0.119. The minimum atomic E-state index is -0.913. The van der Waals surface area contributed by atoms with Crippen molar-refractivity contribution >= 4 is 17.4 Å². The Morgan fingerprint density at radius 1 is 1.80 bits per heavy atom. The quantitative estimate of drug-likeness (QED) is 0.795. The van der Waals surface area contributed by atoms with E-state index in [1.807, 2.05) is 6.92 Å². The van der Waals surface area contributed by atoms with Crippen molar-refractivity contribution in [2.24, 2.45) is 5.92 Å². The number of aromatic nitrogens is 2. The van der Waals surface area contributed by atoms with Gasteiger partial charge in [0.2, 0.25) is 5.78 Å². The summed E-state index contributed by atoms with van der Waals surface area (Å²) in [5.74, 6) is -0.185. The average Bonchev–Trinajstić information content (AvgIpc) is 3.00. The number of carbonyl (C=O) groups excluding carboxylic acids is 1. The van der Waals surface area contributed by atoms with Crippen LogP contribution in [0.15, 0.2) is 6.20 Å². The lowest BCUT2D eigenvalue weighted by Crippen LogP contribution is -2.25. The summed E-state index contributed by atoms with van der Waals surface area (Å²) in [7, 11) is 0. The maximum absolute atomic E-state index is 11.9. The van der Waals surface area contributed by atoms with Crippen LogP contribution >= 0.6 is 11.6 Å². The molecule has 1 atom stereocenters. The first-order chi connectivity index (χ1) is 7.15. The van der Waals surface area contributed by atoms with E-state index in [9.17, 15) is 9.90 Å². The Kier molecular flexibility index (Phi) is 2.80. The van der Waals surface area contributed by atoms with E-state index in [4.69, 9.17) is 11.6 Å². The minimum Gasteiger partial charge on any atom is -0.385 e. The van der Waals surface area contributed by atoms with Crippen molar-refractivity contribution in [3.8, 4) is 0 Å². The van der Waals surface area contributed by atoms with Crippen molar-refractivity contribution in [3.05, 3.63) is 16.9 Å². The summed E-state index contributed by atoms with van der Waals surface area (Å²) < 4.78 is 1.52. The fourth-order valence-electron chi connectivity index (χ4n) is 1.61. The molecule has 1 fully saturated rings. The standard InChI is InChI=1S/C10H13ClN2O2/c1-2-13-8(7(11)5-12-13)10(15)9(14)6-3-4-6/h5-6,9,14H,2-4H2,1H3. The van der Waals surface area contributed by atoms with Gasteiger partial charge < -0.3 is 5.11 Å². The Morgan fingerprint density at radius 2 is 2.47 bits per heavy atom. The van der Waals surface area contributed by atoms with Crippen LogP contribution in [0.25, 0.3) is 0 Å². The Balaban J connectivity index is 2.26. The molecule has 1 aliphatic rings. The van der Waals surface area contributed by atoms with Gasteiger partial charge in [-0.15, -0.1) is 0 Å². The molecule has 2 rings (SSSR count). The van der Waals surface area contributed by atoms with Gasteiger partial charge in [-0.2, -0.15) is 5.10 Å². The van der Waals surface area contributed by atoms with Crippen LogP contribution in [0, 0.1) is 5.92 Å². The third-order valence-corrected chi connectivity index (χ3v) is 2.94. The molecule has 1 aromatic heterocycles. The summed E-state index contributed by atoms with van der Waals surface area (Å²) in [6.07, 6.45) is 2.37. The summed E-state index contributed by atoms with van der Waals surface area (Å²) >= 11 is 5.87. The number of nitrogens with zero attached hydrogens (tertiary/aromatic N) is 2. The van der Waals surface area contributed by atoms with E-state index in [0.29, 0.717) is 17.3 Å². The van der Waals surface area contributed by atoms with Crippen LogP contribution in [-0.4, -0.2) is 26.8 Å². The number of aliphatic hydroxyl groups is 1. The van der Waals surface area contributed by atoms with E-state index in [0.717, 1.165) is 12.8 Å². The van der Waals surface area contributed by atoms with Crippen LogP contribution in [0.4, 0.5) is 0 Å². The zero-order chi connectivity index (χ0) is 11.0. The second kappa shape index (κ2) is 3.94. The Hall–Kier alpha value is -0.870. The van der Waals surface area contributed by atoms with Gasteiger partial charge >= 0.3 is 0 Å². The largest absolute Gasteiger partial charge is 0.385 e. The van der Waals surface area contributed by atoms with Crippen LogP contribution in [0.1, 0.15) is 30.3 Å². The lowest BCUT2D eigenvalue weighted by atomic mass is 10.1. The first-order valence-electron chi connectivity index (χ1n) is 5.08. The fourth-order valence-corrected chi connectivity index (χ4v) is 1.85. The Bertz CT molecular complexity index is 385. The van der Waals surface area contributed by atoms with Gasteiger partial charge in [0.1, 0.15) is 11.8 Å². The molecule has 1 saturated carbocycles. The van der Waals surface area contributed by atoms with Gasteiger partial charge in [-0.3, -0.25) is 9.48 Å². The number of aryl methyl sites for hydroxylation is 1. The zero-order valence-corrected chi connectivity index (χ0v) is 9.24. The third-order valence-electron chi connectivity index (χ3n) is 2.66. The maximum Gasteiger partial charge on any atom is 0.211 e. The normalized spacial score (nSPS) is 17.8. The van der Waals surface area contributed by atoms with Gasteiger partial charge in [0.05, 0.1) is 11.2 Å². The number of ketones is 1. The summed E-state index contributed by atoms with van der Waals surface area (Å²) in [5, 5.41) is 14.0. The molecule has 1 unspecified atom stereocenters. The molecule has 0 saturated heterocycles. The molecule has 1 N–H and O–H groups in total. The van der Waals surface area contributed by atoms with E-state index in [1.165, 1.54) is 10.9 Å². The van der Waals surface area contributed by atoms with E-state index < -0.39 is 6.10 Å². The van der Waals surface area contributed by atoms with Crippen molar-refractivity contribution in [1.82, 2.24) is 9.78 Å². The van der Waals surface area contributed by atoms with Crippen molar-refractivity contribution < 1.29 is 9.90 Å². The van der Waals surface area contributed by atoms with Gasteiger partial charge in [-0.1, -0.05) is 11.6 Å². The molecule has 1 aromatic rings. The van der Waals surface area contributed by atoms with E-state index in [1.54, 1.807) is 0 Å². The van der Waals surface area contributed by atoms with Crippen molar-refractivity contribution in [2.75, 3.05) is 0 Å². The molecule has 4 nitrogen and oxygen atoms in total. The zero-order valence-electron chi connectivity index (χ0n) is 8.48. The number of hydrogen-bond acceptors (Lipinski definition) is 3. The molecule has 1 heterocycles. The van der Waals surface area contributed by atoms with Gasteiger partial charge in [0, 0.05) is 6.54 Å². The molecule has 5 heteroatoms. The lowest BCUT2D eigenvalue weighted by molar-refractivity contribution is 0.0692. The van der Waals surface area contributed by atoms with Crippen molar-refractivity contribution in [1.29, 1.82) is 0 Å². The summed E-state index contributed by atoms with van der Waals surface area (Å²) in [6, 6.07) is 0. The number of halogens is 1. The predicted molar refractivity (Wildman–Crippen MR) is 56.0 cm³/mol. The van der Waals surface area contributed by atoms with Gasteiger partial charge in [-0.05, 0) is 25.7 Å². The number of hydrogen-bond donors (Lipinski definition) is 1. The first-order valence-corrected chi connectivity index (χ1v) is 5.46. The Labute approximate surface area is 92.8 Å². The molecule has 0 radical (unpaired) electrons. The SMILES string of the molecule is CCn1ncc(Cl)c1C(=O)C(O)C1CC1. The summed E-state index contributed by atoms with van der Waals surface area (Å²) in [5.41, 5.74) is 0.332. The second-order valence-corrected chi connectivity index (χ2v) is 4.21. The summed E-state index contributed by atoms with van der Waals surface area (Å²) in [6.45, 7) is 2.45. The highest BCUT2D eigenvalue weighted by Gasteiger charge is 2.37. The number of carbonyl (C=O) groups is 1. The van der Waals surface area contributed by atoms with Gasteiger partial charge in [-0.25, -0.2) is 0 Å². The van der Waals surface area contributed by atoms with Gasteiger partial charge in [0.25, 0.3) is 0 Å². The predicted octanol–water partition coefficient (Wildman–Crippen LogP) is 1.51. The molecule has 82 valence electrons. The molecule has 0 aromatic carbocycles. The van der Waals surface area contributed by atoms with E-state index >= 15 is 0 Å². The number of aliphatic hydroxyl groups excluding tert-OH is 1.